The number of esters is 1. The molecule has 0 unspecified atom stereocenters. The third-order valence-corrected chi connectivity index (χ3v) is 4.12. The SMILES string of the molecule is COc1ccc(NC(=O)[C@@H](C)OC(=O)/C=C/c2cc(OC)c(OC)c(OC)c2)cc1. The maximum absolute atomic E-state index is 12.2. The largest absolute Gasteiger partial charge is 0.497 e. The molecule has 0 saturated heterocycles. The molecule has 2 aromatic carbocycles. The third-order valence-electron chi connectivity index (χ3n) is 4.12. The number of ether oxygens (including phenoxy) is 5. The first-order valence-electron chi connectivity index (χ1n) is 9.05. The number of anilines is 1. The van der Waals surface area contributed by atoms with E-state index in [1.165, 1.54) is 40.4 Å². The van der Waals surface area contributed by atoms with Gasteiger partial charge in [0, 0.05) is 11.8 Å². The average molecular weight is 415 g/mol. The van der Waals surface area contributed by atoms with Crippen molar-refractivity contribution in [3.63, 3.8) is 0 Å². The zero-order valence-corrected chi connectivity index (χ0v) is 17.6. The molecule has 8 nitrogen and oxygen atoms in total. The summed E-state index contributed by atoms with van der Waals surface area (Å²) in [5, 5.41) is 2.67. The molecule has 1 atom stereocenters. The van der Waals surface area contributed by atoms with Gasteiger partial charge < -0.3 is 29.0 Å². The van der Waals surface area contributed by atoms with Gasteiger partial charge in [0.15, 0.2) is 17.6 Å². The Bertz CT molecular complexity index is 881. The number of amides is 1. The fourth-order valence-corrected chi connectivity index (χ4v) is 2.55. The molecular formula is C22H25NO7. The summed E-state index contributed by atoms with van der Waals surface area (Å²) < 4.78 is 26.0. The van der Waals surface area contributed by atoms with Crippen LogP contribution in [-0.4, -0.2) is 46.4 Å². The Hall–Kier alpha value is -3.68. The van der Waals surface area contributed by atoms with Crippen molar-refractivity contribution in [2.75, 3.05) is 33.8 Å². The first kappa shape index (κ1) is 22.6. The van der Waals surface area contributed by atoms with Crippen LogP contribution in [0.1, 0.15) is 12.5 Å². The molecule has 0 aliphatic heterocycles. The molecule has 160 valence electrons. The molecule has 1 N–H and O–H groups in total. The van der Waals surface area contributed by atoms with E-state index >= 15 is 0 Å². The lowest BCUT2D eigenvalue weighted by Gasteiger charge is -2.13. The summed E-state index contributed by atoms with van der Waals surface area (Å²) in [6, 6.07) is 10.2. The Labute approximate surface area is 175 Å². The van der Waals surface area contributed by atoms with Crippen LogP contribution in [0.2, 0.25) is 0 Å². The summed E-state index contributed by atoms with van der Waals surface area (Å²) >= 11 is 0. The van der Waals surface area contributed by atoms with Gasteiger partial charge >= 0.3 is 5.97 Å². The standard InChI is InChI=1S/C22H25NO7/c1-14(22(25)23-16-7-9-17(26-2)10-8-16)30-20(24)11-6-15-12-18(27-3)21(29-5)19(13-15)28-4/h6-14H,1-5H3,(H,23,25)/b11-6+/t14-/m1/s1. The molecule has 0 fully saturated rings. The topological polar surface area (TPSA) is 92.3 Å². The second-order valence-corrected chi connectivity index (χ2v) is 6.09. The van der Waals surface area contributed by atoms with Crippen molar-refractivity contribution in [1.29, 1.82) is 0 Å². The van der Waals surface area contributed by atoms with Crippen LogP contribution in [0.4, 0.5) is 5.69 Å². The molecule has 2 rings (SSSR count). The van der Waals surface area contributed by atoms with Gasteiger partial charge in [-0.15, -0.1) is 0 Å². The molecular weight excluding hydrogens is 390 g/mol. The summed E-state index contributed by atoms with van der Waals surface area (Å²) in [6.07, 6.45) is 1.77. The predicted molar refractivity (Wildman–Crippen MR) is 112 cm³/mol. The molecule has 2 aromatic rings. The molecule has 30 heavy (non-hydrogen) atoms. The van der Waals surface area contributed by atoms with Crippen molar-refractivity contribution in [1.82, 2.24) is 0 Å². The normalized spacial score (nSPS) is 11.5. The number of hydrogen-bond donors (Lipinski definition) is 1. The Morgan fingerprint density at radius 3 is 2.00 bits per heavy atom. The van der Waals surface area contributed by atoms with E-state index in [1.807, 2.05) is 0 Å². The number of benzene rings is 2. The number of nitrogens with one attached hydrogen (secondary N) is 1. The molecule has 1 amide bonds. The first-order valence-corrected chi connectivity index (χ1v) is 9.05. The van der Waals surface area contributed by atoms with Crippen LogP contribution in [0.3, 0.4) is 0 Å². The number of carbonyl (C=O) groups excluding carboxylic acids is 2. The van der Waals surface area contributed by atoms with E-state index in [0.29, 0.717) is 34.2 Å². The van der Waals surface area contributed by atoms with Crippen molar-refractivity contribution < 1.29 is 33.3 Å². The summed E-state index contributed by atoms with van der Waals surface area (Å²) in [6.45, 7) is 1.49. The predicted octanol–water partition coefficient (Wildman–Crippen LogP) is 3.30. The van der Waals surface area contributed by atoms with Gasteiger partial charge in [-0.05, 0) is 55.0 Å². The Morgan fingerprint density at radius 2 is 1.50 bits per heavy atom. The second-order valence-electron chi connectivity index (χ2n) is 6.09. The van der Waals surface area contributed by atoms with Crippen LogP contribution in [0, 0.1) is 0 Å². The highest BCUT2D eigenvalue weighted by atomic mass is 16.5. The van der Waals surface area contributed by atoms with Gasteiger partial charge in [0.1, 0.15) is 5.75 Å². The van der Waals surface area contributed by atoms with Gasteiger partial charge in [0.25, 0.3) is 5.91 Å². The fourth-order valence-electron chi connectivity index (χ4n) is 2.55. The van der Waals surface area contributed by atoms with Crippen molar-refractivity contribution >= 4 is 23.6 Å². The fraction of sp³-hybridized carbons (Fsp3) is 0.273. The minimum absolute atomic E-state index is 0.448. The number of carbonyl (C=O) groups is 2. The molecule has 0 bridgehead atoms. The van der Waals surface area contributed by atoms with E-state index < -0.39 is 18.0 Å². The van der Waals surface area contributed by atoms with Gasteiger partial charge in [-0.2, -0.15) is 0 Å². The minimum Gasteiger partial charge on any atom is -0.497 e. The quantitative estimate of drug-likeness (QED) is 0.496. The van der Waals surface area contributed by atoms with Crippen LogP contribution in [-0.2, 0) is 14.3 Å². The van der Waals surface area contributed by atoms with Gasteiger partial charge in [-0.1, -0.05) is 0 Å². The van der Waals surface area contributed by atoms with Crippen molar-refractivity contribution in [3.05, 3.63) is 48.0 Å². The summed E-state index contributed by atoms with van der Waals surface area (Å²) in [4.78, 5) is 24.3. The number of rotatable bonds is 9. The molecule has 0 spiro atoms. The first-order chi connectivity index (χ1) is 14.4. The second kappa shape index (κ2) is 10.8. The van der Waals surface area contributed by atoms with E-state index in [-0.39, 0.29) is 0 Å². The molecule has 8 heteroatoms. The van der Waals surface area contributed by atoms with Crippen LogP contribution in [0.5, 0.6) is 23.0 Å². The molecule has 0 radical (unpaired) electrons. The highest BCUT2D eigenvalue weighted by molar-refractivity contribution is 5.96. The van der Waals surface area contributed by atoms with Gasteiger partial charge in [0.05, 0.1) is 28.4 Å². The third kappa shape index (κ3) is 5.91. The Balaban J connectivity index is 2.00. The zero-order valence-electron chi connectivity index (χ0n) is 17.6. The molecule has 0 aliphatic rings. The highest BCUT2D eigenvalue weighted by Crippen LogP contribution is 2.38. The molecule has 0 aromatic heterocycles. The number of methoxy groups -OCH3 is 4. The van der Waals surface area contributed by atoms with E-state index in [0.717, 1.165) is 0 Å². The smallest absolute Gasteiger partial charge is 0.331 e. The summed E-state index contributed by atoms with van der Waals surface area (Å²) in [7, 11) is 6.07. The average Bonchev–Trinajstić information content (AvgIpc) is 2.77. The lowest BCUT2D eigenvalue weighted by atomic mass is 10.1. The van der Waals surface area contributed by atoms with Crippen LogP contribution < -0.4 is 24.3 Å². The van der Waals surface area contributed by atoms with Crippen molar-refractivity contribution in [3.8, 4) is 23.0 Å². The summed E-state index contributed by atoms with van der Waals surface area (Å²) in [5.41, 5.74) is 1.20. The van der Waals surface area contributed by atoms with Crippen molar-refractivity contribution in [2.45, 2.75) is 13.0 Å². The van der Waals surface area contributed by atoms with Crippen molar-refractivity contribution in [2.24, 2.45) is 0 Å². The lowest BCUT2D eigenvalue weighted by molar-refractivity contribution is -0.148. The minimum atomic E-state index is -0.982. The van der Waals surface area contributed by atoms with E-state index in [1.54, 1.807) is 43.5 Å². The maximum atomic E-state index is 12.2. The van der Waals surface area contributed by atoms with Gasteiger partial charge in [-0.3, -0.25) is 4.79 Å². The molecule has 0 aliphatic carbocycles. The number of hydrogen-bond acceptors (Lipinski definition) is 7. The van der Waals surface area contributed by atoms with E-state index in [2.05, 4.69) is 5.32 Å². The highest BCUT2D eigenvalue weighted by Gasteiger charge is 2.17. The van der Waals surface area contributed by atoms with Crippen LogP contribution >= 0.6 is 0 Å². The van der Waals surface area contributed by atoms with E-state index in [9.17, 15) is 9.59 Å². The Morgan fingerprint density at radius 1 is 0.900 bits per heavy atom. The molecule has 0 saturated carbocycles. The lowest BCUT2D eigenvalue weighted by Crippen LogP contribution is -2.29. The van der Waals surface area contributed by atoms with Gasteiger partial charge in [-0.25, -0.2) is 4.79 Å². The maximum Gasteiger partial charge on any atom is 0.331 e. The van der Waals surface area contributed by atoms with Crippen LogP contribution in [0.15, 0.2) is 42.5 Å². The molecule has 0 heterocycles. The monoisotopic (exact) mass is 415 g/mol. The van der Waals surface area contributed by atoms with Gasteiger partial charge in [0.2, 0.25) is 5.75 Å². The summed E-state index contributed by atoms with van der Waals surface area (Å²) in [5.74, 6) is 0.915. The Kier molecular flexibility index (Phi) is 8.10. The zero-order chi connectivity index (χ0) is 22.1. The van der Waals surface area contributed by atoms with E-state index in [4.69, 9.17) is 23.7 Å². The van der Waals surface area contributed by atoms with Crippen LogP contribution in [0.25, 0.3) is 6.08 Å².